The molecule has 25 heavy (non-hydrogen) atoms. The summed E-state index contributed by atoms with van der Waals surface area (Å²) >= 11 is 0. The third-order valence-electron chi connectivity index (χ3n) is 5.15. The van der Waals surface area contributed by atoms with E-state index >= 15 is 0 Å². The standard InChI is InChI=1S/C17H23N7O/c25-17(12-24-13-19-20-21-24)23-9-7-22(8-10-23)11-16-15-4-2-1-3-14(15)5-6-18-16/h5-6,13H,1-4,7-12H2. The molecule has 1 fully saturated rings. The number of carbonyl (C=O) groups excluding carboxylic acids is 1. The van der Waals surface area contributed by atoms with Gasteiger partial charge in [0.2, 0.25) is 5.91 Å². The molecule has 4 rings (SSSR count). The molecule has 1 saturated heterocycles. The number of hydrogen-bond donors (Lipinski definition) is 0. The largest absolute Gasteiger partial charge is 0.339 e. The molecular formula is C17H23N7O. The maximum Gasteiger partial charge on any atom is 0.244 e. The van der Waals surface area contributed by atoms with E-state index in [1.165, 1.54) is 47.1 Å². The third kappa shape index (κ3) is 3.68. The van der Waals surface area contributed by atoms with Crippen molar-refractivity contribution < 1.29 is 4.79 Å². The first-order chi connectivity index (χ1) is 12.3. The summed E-state index contributed by atoms with van der Waals surface area (Å²) in [6.45, 7) is 4.35. The van der Waals surface area contributed by atoms with Gasteiger partial charge in [-0.3, -0.25) is 14.7 Å². The van der Waals surface area contributed by atoms with E-state index in [4.69, 9.17) is 0 Å². The summed E-state index contributed by atoms with van der Waals surface area (Å²) in [6, 6.07) is 2.17. The maximum absolute atomic E-state index is 12.3. The van der Waals surface area contributed by atoms with Crippen molar-refractivity contribution in [1.29, 1.82) is 0 Å². The lowest BCUT2D eigenvalue weighted by Crippen LogP contribution is -2.49. The van der Waals surface area contributed by atoms with Crippen LogP contribution in [0.25, 0.3) is 0 Å². The molecule has 0 radical (unpaired) electrons. The highest BCUT2D eigenvalue weighted by Gasteiger charge is 2.23. The van der Waals surface area contributed by atoms with Crippen LogP contribution in [0, 0.1) is 0 Å². The molecule has 0 bridgehead atoms. The first kappa shape index (κ1) is 16.1. The van der Waals surface area contributed by atoms with Crippen LogP contribution < -0.4 is 0 Å². The van der Waals surface area contributed by atoms with E-state index in [1.54, 1.807) is 0 Å². The van der Waals surface area contributed by atoms with Crippen LogP contribution in [0.5, 0.6) is 0 Å². The van der Waals surface area contributed by atoms with E-state index in [0.29, 0.717) is 0 Å². The first-order valence-electron chi connectivity index (χ1n) is 8.96. The molecule has 0 saturated carbocycles. The molecule has 2 aromatic rings. The molecule has 132 valence electrons. The minimum atomic E-state index is 0.0714. The van der Waals surface area contributed by atoms with E-state index in [9.17, 15) is 4.79 Å². The number of piperazine rings is 1. The molecule has 1 aliphatic heterocycles. The van der Waals surface area contributed by atoms with Crippen molar-refractivity contribution in [3.63, 3.8) is 0 Å². The SMILES string of the molecule is O=C(Cn1cnnn1)N1CCN(Cc2nccc3c2CCCC3)CC1. The number of aromatic nitrogens is 5. The van der Waals surface area contributed by atoms with E-state index in [-0.39, 0.29) is 12.5 Å². The Morgan fingerprint density at radius 3 is 2.76 bits per heavy atom. The predicted octanol–water partition coefficient (Wildman–Crippen LogP) is 0.291. The number of carbonyl (C=O) groups is 1. The fourth-order valence-electron chi connectivity index (χ4n) is 3.73. The van der Waals surface area contributed by atoms with Crippen molar-refractivity contribution in [2.75, 3.05) is 26.2 Å². The molecule has 0 spiro atoms. The van der Waals surface area contributed by atoms with E-state index < -0.39 is 0 Å². The van der Waals surface area contributed by atoms with Gasteiger partial charge in [-0.1, -0.05) is 0 Å². The van der Waals surface area contributed by atoms with Gasteiger partial charge in [-0.25, -0.2) is 4.68 Å². The van der Waals surface area contributed by atoms with Gasteiger partial charge in [0.1, 0.15) is 12.9 Å². The quantitative estimate of drug-likeness (QED) is 0.795. The van der Waals surface area contributed by atoms with Gasteiger partial charge < -0.3 is 4.90 Å². The lowest BCUT2D eigenvalue weighted by Gasteiger charge is -2.35. The van der Waals surface area contributed by atoms with Crippen LogP contribution in [0.4, 0.5) is 0 Å². The zero-order chi connectivity index (χ0) is 17.1. The number of rotatable bonds is 4. The Bertz CT molecular complexity index is 723. The van der Waals surface area contributed by atoms with Crippen molar-refractivity contribution in [3.8, 4) is 0 Å². The fraction of sp³-hybridized carbons (Fsp3) is 0.588. The van der Waals surface area contributed by atoms with Crippen molar-refractivity contribution in [1.82, 2.24) is 35.0 Å². The summed E-state index contributed by atoms with van der Waals surface area (Å²) in [6.07, 6.45) is 8.32. The minimum absolute atomic E-state index is 0.0714. The molecule has 2 aromatic heterocycles. The summed E-state index contributed by atoms with van der Waals surface area (Å²) in [4.78, 5) is 21.2. The number of aryl methyl sites for hydroxylation is 1. The van der Waals surface area contributed by atoms with Gasteiger partial charge >= 0.3 is 0 Å². The number of tetrazole rings is 1. The second-order valence-electron chi connectivity index (χ2n) is 6.77. The third-order valence-corrected chi connectivity index (χ3v) is 5.15. The Hall–Kier alpha value is -2.35. The number of nitrogens with zero attached hydrogens (tertiary/aromatic N) is 7. The van der Waals surface area contributed by atoms with E-state index in [0.717, 1.165) is 39.1 Å². The van der Waals surface area contributed by atoms with Crippen LogP contribution in [0.3, 0.4) is 0 Å². The summed E-state index contributed by atoms with van der Waals surface area (Å²) in [5, 5.41) is 10.9. The lowest BCUT2D eigenvalue weighted by atomic mass is 9.91. The molecule has 1 aliphatic carbocycles. The number of hydrogen-bond acceptors (Lipinski definition) is 6. The van der Waals surface area contributed by atoms with Crippen LogP contribution in [0.15, 0.2) is 18.6 Å². The molecule has 2 aliphatic rings. The predicted molar refractivity (Wildman–Crippen MR) is 90.6 cm³/mol. The number of pyridine rings is 1. The van der Waals surface area contributed by atoms with Gasteiger partial charge in [0.25, 0.3) is 0 Å². The highest BCUT2D eigenvalue weighted by molar-refractivity contribution is 5.75. The van der Waals surface area contributed by atoms with Crippen molar-refractivity contribution in [3.05, 3.63) is 35.4 Å². The minimum Gasteiger partial charge on any atom is -0.339 e. The Labute approximate surface area is 146 Å². The van der Waals surface area contributed by atoms with Crippen LogP contribution in [0.1, 0.15) is 29.7 Å². The molecule has 8 heteroatoms. The van der Waals surface area contributed by atoms with Crippen molar-refractivity contribution in [2.24, 2.45) is 0 Å². The van der Waals surface area contributed by atoms with Gasteiger partial charge in [-0.2, -0.15) is 0 Å². The molecule has 8 nitrogen and oxygen atoms in total. The molecule has 3 heterocycles. The molecule has 0 atom stereocenters. The Balaban J connectivity index is 1.33. The highest BCUT2D eigenvalue weighted by atomic mass is 16.2. The van der Waals surface area contributed by atoms with Crippen LogP contribution >= 0.6 is 0 Å². The van der Waals surface area contributed by atoms with Gasteiger partial charge in [-0.05, 0) is 53.3 Å². The topological polar surface area (TPSA) is 80.0 Å². The zero-order valence-electron chi connectivity index (χ0n) is 14.3. The van der Waals surface area contributed by atoms with Gasteiger partial charge in [0, 0.05) is 38.9 Å². The van der Waals surface area contributed by atoms with Gasteiger partial charge in [0.05, 0.1) is 5.69 Å². The summed E-state index contributed by atoms with van der Waals surface area (Å²) in [5.41, 5.74) is 4.17. The molecule has 1 amide bonds. The lowest BCUT2D eigenvalue weighted by molar-refractivity contribution is -0.133. The summed E-state index contributed by atoms with van der Waals surface area (Å²) < 4.78 is 1.47. The van der Waals surface area contributed by atoms with Crippen molar-refractivity contribution in [2.45, 2.75) is 38.8 Å². The number of fused-ring (bicyclic) bond motifs is 1. The zero-order valence-corrected chi connectivity index (χ0v) is 14.3. The molecule has 0 N–H and O–H groups in total. The van der Waals surface area contributed by atoms with Crippen LogP contribution in [-0.2, 0) is 30.7 Å². The molecular weight excluding hydrogens is 318 g/mol. The average Bonchev–Trinajstić information content (AvgIpc) is 3.16. The fourth-order valence-corrected chi connectivity index (χ4v) is 3.73. The van der Waals surface area contributed by atoms with Gasteiger partial charge in [-0.15, -0.1) is 5.10 Å². The van der Waals surface area contributed by atoms with Crippen LogP contribution in [0.2, 0.25) is 0 Å². The Morgan fingerprint density at radius 1 is 1.12 bits per heavy atom. The molecule has 0 unspecified atom stereocenters. The van der Waals surface area contributed by atoms with Gasteiger partial charge in [0.15, 0.2) is 0 Å². The highest BCUT2D eigenvalue weighted by Crippen LogP contribution is 2.24. The molecule has 0 aromatic carbocycles. The normalized spacial score (nSPS) is 18.2. The average molecular weight is 341 g/mol. The Kier molecular flexibility index (Phi) is 4.69. The van der Waals surface area contributed by atoms with Crippen molar-refractivity contribution >= 4 is 5.91 Å². The monoisotopic (exact) mass is 341 g/mol. The van der Waals surface area contributed by atoms with E-state index in [2.05, 4.69) is 31.5 Å². The smallest absolute Gasteiger partial charge is 0.244 e. The Morgan fingerprint density at radius 2 is 1.96 bits per heavy atom. The first-order valence-corrected chi connectivity index (χ1v) is 8.96. The summed E-state index contributed by atoms with van der Waals surface area (Å²) in [7, 11) is 0. The second-order valence-corrected chi connectivity index (χ2v) is 6.77. The second kappa shape index (κ2) is 7.26. The van der Waals surface area contributed by atoms with E-state index in [1.807, 2.05) is 11.1 Å². The maximum atomic E-state index is 12.3. The number of amides is 1. The summed E-state index contributed by atoms with van der Waals surface area (Å²) in [5.74, 6) is 0.0714. The van der Waals surface area contributed by atoms with Crippen LogP contribution in [-0.4, -0.2) is 67.1 Å².